The van der Waals surface area contributed by atoms with E-state index in [1.807, 2.05) is 24.3 Å². The second-order valence-electron chi connectivity index (χ2n) is 8.56. The van der Waals surface area contributed by atoms with E-state index >= 15 is 0 Å². The smallest absolute Gasteiger partial charge is 0.229 e. The number of nitrogens with zero attached hydrogens (tertiary/aromatic N) is 2. The number of halogens is 2. The summed E-state index contributed by atoms with van der Waals surface area (Å²) in [5, 5.41) is 2.98. The molecule has 5 rings (SSSR count). The summed E-state index contributed by atoms with van der Waals surface area (Å²) in [7, 11) is 0. The summed E-state index contributed by atoms with van der Waals surface area (Å²) in [4.78, 5) is 18.0. The summed E-state index contributed by atoms with van der Waals surface area (Å²) in [6.45, 7) is 3.16. The summed E-state index contributed by atoms with van der Waals surface area (Å²) in [6, 6.07) is 20.8. The molecule has 2 aliphatic heterocycles. The molecular formula is C26H25F2N3O. The van der Waals surface area contributed by atoms with Gasteiger partial charge in [0.1, 0.15) is 11.6 Å². The average Bonchev–Trinajstić information content (AvgIpc) is 2.81. The largest absolute Gasteiger partial charge is 0.365 e. The highest BCUT2D eigenvalue weighted by Gasteiger charge is 2.41. The van der Waals surface area contributed by atoms with Crippen LogP contribution in [0.2, 0.25) is 0 Å². The van der Waals surface area contributed by atoms with Crippen LogP contribution in [0.1, 0.15) is 11.1 Å². The number of carbonyl (C=O) groups excluding carboxylic acids is 1. The van der Waals surface area contributed by atoms with Gasteiger partial charge in [0.25, 0.3) is 0 Å². The number of fused-ring (bicyclic) bond motifs is 3. The molecule has 0 bridgehead atoms. The van der Waals surface area contributed by atoms with Crippen LogP contribution in [0.25, 0.3) is 0 Å². The molecule has 1 amide bonds. The summed E-state index contributed by atoms with van der Waals surface area (Å²) in [5.41, 5.74) is 4.03. The third kappa shape index (κ3) is 4.23. The van der Waals surface area contributed by atoms with Gasteiger partial charge in [0, 0.05) is 37.6 Å². The fraction of sp³-hybridized carbons (Fsp3) is 0.269. The van der Waals surface area contributed by atoms with E-state index in [0.717, 1.165) is 31.7 Å². The number of amides is 1. The van der Waals surface area contributed by atoms with E-state index < -0.39 is 0 Å². The molecule has 0 aliphatic carbocycles. The maximum atomic E-state index is 13.3. The number of carbonyl (C=O) groups is 1. The molecule has 0 saturated carbocycles. The Kier molecular flexibility index (Phi) is 5.62. The van der Waals surface area contributed by atoms with E-state index in [1.165, 1.54) is 35.5 Å². The van der Waals surface area contributed by atoms with Crippen LogP contribution >= 0.6 is 0 Å². The van der Waals surface area contributed by atoms with E-state index in [0.29, 0.717) is 12.1 Å². The Labute approximate surface area is 186 Å². The number of piperazine rings is 1. The zero-order valence-corrected chi connectivity index (χ0v) is 17.7. The molecule has 3 aromatic carbocycles. The summed E-state index contributed by atoms with van der Waals surface area (Å²) >= 11 is 0. The van der Waals surface area contributed by atoms with Gasteiger partial charge in [-0.2, -0.15) is 0 Å². The topological polar surface area (TPSA) is 35.6 Å². The van der Waals surface area contributed by atoms with Crippen molar-refractivity contribution in [2.75, 3.05) is 29.9 Å². The second-order valence-corrected chi connectivity index (χ2v) is 8.56. The van der Waals surface area contributed by atoms with Gasteiger partial charge in [0.2, 0.25) is 5.91 Å². The van der Waals surface area contributed by atoms with E-state index in [2.05, 4.69) is 27.2 Å². The minimum absolute atomic E-state index is 0.0274. The minimum Gasteiger partial charge on any atom is -0.365 e. The number of hydrogen-bond donors (Lipinski definition) is 1. The lowest BCUT2D eigenvalue weighted by molar-refractivity contribution is -0.121. The number of hydrogen-bond acceptors (Lipinski definition) is 3. The van der Waals surface area contributed by atoms with Crippen molar-refractivity contribution in [1.82, 2.24) is 4.90 Å². The van der Waals surface area contributed by atoms with Gasteiger partial charge in [-0.1, -0.05) is 30.3 Å². The molecule has 6 heteroatoms. The molecule has 2 heterocycles. The Hall–Kier alpha value is -3.25. The van der Waals surface area contributed by atoms with Gasteiger partial charge in [-0.15, -0.1) is 0 Å². The van der Waals surface area contributed by atoms with Gasteiger partial charge >= 0.3 is 0 Å². The highest BCUT2D eigenvalue weighted by Crippen LogP contribution is 2.36. The van der Waals surface area contributed by atoms with Crippen LogP contribution in [0.5, 0.6) is 0 Å². The predicted octanol–water partition coefficient (Wildman–Crippen LogP) is 4.47. The van der Waals surface area contributed by atoms with Crippen LogP contribution in [0, 0.1) is 17.6 Å². The van der Waals surface area contributed by atoms with Crippen molar-refractivity contribution in [2.45, 2.75) is 19.0 Å². The van der Waals surface area contributed by atoms with Gasteiger partial charge in [0.15, 0.2) is 0 Å². The Morgan fingerprint density at radius 2 is 1.59 bits per heavy atom. The lowest BCUT2D eigenvalue weighted by Gasteiger charge is -2.49. The number of anilines is 2. The lowest BCUT2D eigenvalue weighted by Crippen LogP contribution is -2.60. The van der Waals surface area contributed by atoms with Gasteiger partial charge in [-0.3, -0.25) is 9.69 Å². The molecule has 164 valence electrons. The monoisotopic (exact) mass is 433 g/mol. The van der Waals surface area contributed by atoms with Crippen molar-refractivity contribution in [1.29, 1.82) is 0 Å². The molecule has 1 saturated heterocycles. The van der Waals surface area contributed by atoms with E-state index in [9.17, 15) is 13.6 Å². The maximum Gasteiger partial charge on any atom is 0.229 e. The van der Waals surface area contributed by atoms with E-state index in [4.69, 9.17) is 0 Å². The quantitative estimate of drug-likeness (QED) is 0.660. The molecule has 0 aromatic heterocycles. The summed E-state index contributed by atoms with van der Waals surface area (Å²) in [5.74, 6) is -0.847. The maximum absolute atomic E-state index is 13.3. The normalized spacial score (nSPS) is 20.4. The lowest BCUT2D eigenvalue weighted by atomic mass is 9.83. The third-order valence-electron chi connectivity index (χ3n) is 6.48. The summed E-state index contributed by atoms with van der Waals surface area (Å²) < 4.78 is 26.5. The Morgan fingerprint density at radius 3 is 2.34 bits per heavy atom. The van der Waals surface area contributed by atoms with E-state index in [-0.39, 0.29) is 29.5 Å². The van der Waals surface area contributed by atoms with Crippen LogP contribution in [0.4, 0.5) is 20.2 Å². The first-order chi connectivity index (χ1) is 15.6. The first kappa shape index (κ1) is 20.6. The Balaban J connectivity index is 1.38. The van der Waals surface area contributed by atoms with Crippen molar-refractivity contribution < 1.29 is 13.6 Å². The zero-order valence-electron chi connectivity index (χ0n) is 17.7. The molecule has 0 spiro atoms. The molecule has 4 nitrogen and oxygen atoms in total. The Bertz CT molecular complexity index is 1100. The van der Waals surface area contributed by atoms with Crippen molar-refractivity contribution in [3.8, 4) is 0 Å². The summed E-state index contributed by atoms with van der Waals surface area (Å²) in [6.07, 6.45) is 0.661. The zero-order chi connectivity index (χ0) is 22.1. The fourth-order valence-electron chi connectivity index (χ4n) is 4.88. The van der Waals surface area contributed by atoms with Gasteiger partial charge in [0.05, 0.1) is 12.0 Å². The molecule has 2 atom stereocenters. The average molecular weight is 434 g/mol. The number of nitrogens with one attached hydrogen (secondary N) is 1. The molecule has 0 unspecified atom stereocenters. The van der Waals surface area contributed by atoms with Gasteiger partial charge < -0.3 is 10.2 Å². The van der Waals surface area contributed by atoms with Crippen LogP contribution < -0.4 is 10.2 Å². The number of benzene rings is 3. The van der Waals surface area contributed by atoms with Gasteiger partial charge in [-0.05, 0) is 60.0 Å². The van der Waals surface area contributed by atoms with Crippen molar-refractivity contribution in [3.63, 3.8) is 0 Å². The van der Waals surface area contributed by atoms with Crippen LogP contribution in [-0.4, -0.2) is 36.5 Å². The molecule has 32 heavy (non-hydrogen) atoms. The molecule has 0 radical (unpaired) electrons. The molecule has 1 N–H and O–H groups in total. The predicted molar refractivity (Wildman–Crippen MR) is 121 cm³/mol. The number of para-hydroxylation sites is 1. The second kappa shape index (κ2) is 8.71. The Morgan fingerprint density at radius 1 is 0.906 bits per heavy atom. The molecule has 1 fully saturated rings. The fourth-order valence-corrected chi connectivity index (χ4v) is 4.88. The van der Waals surface area contributed by atoms with Gasteiger partial charge in [-0.25, -0.2) is 8.78 Å². The van der Waals surface area contributed by atoms with Crippen LogP contribution in [0.3, 0.4) is 0 Å². The van der Waals surface area contributed by atoms with E-state index in [1.54, 1.807) is 12.1 Å². The molecule has 3 aromatic rings. The third-order valence-corrected chi connectivity index (χ3v) is 6.48. The minimum atomic E-state index is -0.329. The SMILES string of the molecule is O=C(Nc1ccc(F)cc1)[C@H]1Cc2ccccc2N2CCN(Cc3ccc(F)cc3)C[C@@H]12. The van der Waals surface area contributed by atoms with Crippen molar-refractivity contribution >= 4 is 17.3 Å². The van der Waals surface area contributed by atoms with Crippen molar-refractivity contribution in [2.24, 2.45) is 5.92 Å². The van der Waals surface area contributed by atoms with Crippen LogP contribution in [0.15, 0.2) is 72.8 Å². The highest BCUT2D eigenvalue weighted by atomic mass is 19.1. The standard InChI is InChI=1S/C26H25F2N3O/c27-20-7-5-18(6-8-20)16-30-13-14-31-24-4-2-1-3-19(24)15-23(25(31)17-30)26(32)29-22-11-9-21(28)10-12-22/h1-12,23,25H,13-17H2,(H,29,32)/t23-,25-/m0/s1. The van der Waals surface area contributed by atoms with Crippen LogP contribution in [-0.2, 0) is 17.8 Å². The molecular weight excluding hydrogens is 408 g/mol. The van der Waals surface area contributed by atoms with Crippen molar-refractivity contribution in [3.05, 3.63) is 95.6 Å². The first-order valence-corrected chi connectivity index (χ1v) is 10.9. The first-order valence-electron chi connectivity index (χ1n) is 10.9. The number of rotatable bonds is 4. The molecule has 2 aliphatic rings. The highest BCUT2D eigenvalue weighted by molar-refractivity contribution is 5.94.